The zero-order valence-electron chi connectivity index (χ0n) is 13.9. The van der Waals surface area contributed by atoms with E-state index in [4.69, 9.17) is 19.5 Å². The summed E-state index contributed by atoms with van der Waals surface area (Å²) in [5.74, 6) is -0.404. The predicted octanol–water partition coefficient (Wildman–Crippen LogP) is 3.39. The first-order chi connectivity index (χ1) is 11.5. The van der Waals surface area contributed by atoms with Gasteiger partial charge in [0, 0.05) is 12.4 Å². The number of nitrogens with two attached hydrogens (primary N) is 1. The average Bonchev–Trinajstić information content (AvgIpc) is 2.55. The second kappa shape index (κ2) is 7.63. The molecule has 1 aromatic rings. The Morgan fingerprint density at radius 3 is 2.58 bits per heavy atom. The second-order valence-electron chi connectivity index (χ2n) is 4.99. The van der Waals surface area contributed by atoms with Crippen LogP contribution in [0.2, 0.25) is 0 Å². The zero-order chi connectivity index (χ0) is 17.7. The molecule has 0 radical (unpaired) electrons. The van der Waals surface area contributed by atoms with Gasteiger partial charge in [0.1, 0.15) is 17.4 Å². The van der Waals surface area contributed by atoms with Crippen LogP contribution in [0.25, 0.3) is 0 Å². The molecule has 0 aliphatic carbocycles. The minimum Gasteiger partial charge on any atom is -0.445 e. The van der Waals surface area contributed by atoms with Crippen molar-refractivity contribution in [3.8, 4) is 6.07 Å². The van der Waals surface area contributed by atoms with Crippen LogP contribution in [0.1, 0.15) is 32.3 Å². The van der Waals surface area contributed by atoms with Crippen molar-refractivity contribution < 1.29 is 18.3 Å². The molecule has 1 aromatic heterocycles. The van der Waals surface area contributed by atoms with Gasteiger partial charge in [-0.25, -0.2) is 0 Å². The Morgan fingerprint density at radius 2 is 2.08 bits per heavy atom. The summed E-state index contributed by atoms with van der Waals surface area (Å²) in [4.78, 5) is 4.08. The van der Waals surface area contributed by atoms with Gasteiger partial charge < -0.3 is 19.5 Å². The fraction of sp³-hybridized carbons (Fsp3) is 0.375. The van der Waals surface area contributed by atoms with E-state index < -0.39 is 13.5 Å². The van der Waals surface area contributed by atoms with Crippen LogP contribution in [0.5, 0.6) is 0 Å². The lowest BCUT2D eigenvalue weighted by Crippen LogP contribution is -2.21. The number of rotatable bonds is 6. The average molecular weight is 349 g/mol. The lowest BCUT2D eigenvalue weighted by molar-refractivity contribution is 0.218. The van der Waals surface area contributed by atoms with Gasteiger partial charge in [-0.3, -0.25) is 9.55 Å². The molecular weight excluding hydrogens is 329 g/mol. The highest BCUT2D eigenvalue weighted by Gasteiger charge is 2.44. The molecule has 128 valence electrons. The largest absolute Gasteiger partial charge is 0.445 e. The monoisotopic (exact) mass is 349 g/mol. The van der Waals surface area contributed by atoms with Crippen LogP contribution in [-0.2, 0) is 18.3 Å². The topological polar surface area (TPSA) is 107 Å². The van der Waals surface area contributed by atoms with E-state index in [-0.39, 0.29) is 30.0 Å². The number of nitriles is 1. The first-order valence-electron chi connectivity index (χ1n) is 7.56. The van der Waals surface area contributed by atoms with Gasteiger partial charge in [0.25, 0.3) is 0 Å². The van der Waals surface area contributed by atoms with Crippen molar-refractivity contribution in [2.75, 3.05) is 13.2 Å². The van der Waals surface area contributed by atoms with Gasteiger partial charge >= 0.3 is 7.60 Å². The summed E-state index contributed by atoms with van der Waals surface area (Å²) in [6.07, 6.45) is 3.21. The van der Waals surface area contributed by atoms with Crippen molar-refractivity contribution >= 4 is 7.60 Å². The van der Waals surface area contributed by atoms with Crippen LogP contribution < -0.4 is 5.73 Å². The zero-order valence-corrected chi connectivity index (χ0v) is 14.7. The van der Waals surface area contributed by atoms with E-state index in [1.54, 1.807) is 45.3 Å². The number of nitrogens with zero attached hydrogens (tertiary/aromatic N) is 2. The summed E-state index contributed by atoms with van der Waals surface area (Å²) in [5.41, 5.74) is 6.69. The number of pyridine rings is 1. The van der Waals surface area contributed by atoms with E-state index in [1.165, 1.54) is 0 Å². The predicted molar refractivity (Wildman–Crippen MR) is 88.4 cm³/mol. The van der Waals surface area contributed by atoms with Gasteiger partial charge in [0.2, 0.25) is 5.88 Å². The van der Waals surface area contributed by atoms with Gasteiger partial charge in [-0.1, -0.05) is 6.07 Å². The quantitative estimate of drug-likeness (QED) is 0.784. The number of allylic oxidation sites excluding steroid dienone is 3. The van der Waals surface area contributed by atoms with E-state index in [2.05, 4.69) is 4.98 Å². The Morgan fingerprint density at radius 1 is 1.42 bits per heavy atom. The highest BCUT2D eigenvalue weighted by atomic mass is 31.2. The van der Waals surface area contributed by atoms with Crippen molar-refractivity contribution in [3.05, 3.63) is 52.6 Å². The van der Waals surface area contributed by atoms with Crippen LogP contribution in [0.4, 0.5) is 0 Å². The van der Waals surface area contributed by atoms with Gasteiger partial charge in [-0.05, 0) is 32.4 Å². The van der Waals surface area contributed by atoms with Gasteiger partial charge in [0.15, 0.2) is 0 Å². The molecule has 0 spiro atoms. The fourth-order valence-electron chi connectivity index (χ4n) is 2.61. The first-order valence-corrected chi connectivity index (χ1v) is 9.10. The van der Waals surface area contributed by atoms with Crippen molar-refractivity contribution in [2.45, 2.75) is 26.7 Å². The van der Waals surface area contributed by atoms with E-state index in [1.807, 2.05) is 6.07 Å². The van der Waals surface area contributed by atoms with E-state index >= 15 is 0 Å². The maximum atomic E-state index is 13.4. The molecule has 2 heterocycles. The molecule has 2 N–H and O–H groups in total. The Balaban J connectivity index is 2.68. The van der Waals surface area contributed by atoms with E-state index in [0.717, 1.165) is 0 Å². The standard InChI is InChI=1S/C16H20N3O4P/c1-4-21-24(20,22-5-2)15-11(3)23-16(18)13(9-17)14(15)12-7-6-8-19-10-12/h6-8,10,14H,4-5,18H2,1-3H3/t14-/m1/s1. The molecule has 0 aromatic carbocycles. The van der Waals surface area contributed by atoms with Crippen LogP contribution >= 0.6 is 7.60 Å². The summed E-state index contributed by atoms with van der Waals surface area (Å²) in [7, 11) is -3.66. The number of ether oxygens (including phenoxy) is 1. The first kappa shape index (κ1) is 18.2. The summed E-state index contributed by atoms with van der Waals surface area (Å²) in [6, 6.07) is 5.56. The van der Waals surface area contributed by atoms with E-state index in [9.17, 15) is 9.83 Å². The van der Waals surface area contributed by atoms with Crippen molar-refractivity contribution in [3.63, 3.8) is 0 Å². The number of hydrogen-bond donors (Lipinski definition) is 1. The van der Waals surface area contributed by atoms with Crippen molar-refractivity contribution in [1.29, 1.82) is 5.26 Å². The highest BCUT2D eigenvalue weighted by Crippen LogP contribution is 2.64. The van der Waals surface area contributed by atoms with Crippen LogP contribution in [0, 0.1) is 11.3 Å². The summed E-state index contributed by atoms with van der Waals surface area (Å²) >= 11 is 0. The molecule has 2 rings (SSSR count). The second-order valence-corrected chi connectivity index (χ2v) is 6.98. The molecule has 0 bridgehead atoms. The number of hydrogen-bond acceptors (Lipinski definition) is 7. The molecule has 1 aliphatic rings. The van der Waals surface area contributed by atoms with Crippen LogP contribution in [0.15, 0.2) is 47.1 Å². The molecule has 8 heteroatoms. The summed E-state index contributed by atoms with van der Waals surface area (Å²) < 4.78 is 29.7. The Bertz CT molecular complexity index is 742. The maximum absolute atomic E-state index is 13.4. The van der Waals surface area contributed by atoms with Crippen molar-refractivity contribution in [1.82, 2.24) is 4.98 Å². The third-order valence-corrected chi connectivity index (χ3v) is 5.84. The molecule has 0 amide bonds. The Labute approximate surface area is 141 Å². The Kier molecular flexibility index (Phi) is 5.79. The number of aromatic nitrogens is 1. The molecule has 7 nitrogen and oxygen atoms in total. The maximum Gasteiger partial charge on any atom is 0.361 e. The fourth-order valence-corrected chi connectivity index (χ4v) is 4.67. The SMILES string of the molecule is CCOP(=O)(OCC)C1=C(C)OC(N)=C(C#N)[C@H]1c1cccnc1. The third kappa shape index (κ3) is 3.36. The van der Waals surface area contributed by atoms with Crippen molar-refractivity contribution in [2.24, 2.45) is 5.73 Å². The molecule has 0 unspecified atom stereocenters. The van der Waals surface area contributed by atoms with Gasteiger partial charge in [0.05, 0.1) is 24.4 Å². The van der Waals surface area contributed by atoms with Crippen LogP contribution in [-0.4, -0.2) is 18.2 Å². The Hall–Kier alpha value is -2.13. The van der Waals surface area contributed by atoms with E-state index in [0.29, 0.717) is 11.3 Å². The molecule has 0 saturated carbocycles. The molecule has 0 saturated heterocycles. The molecule has 24 heavy (non-hydrogen) atoms. The highest BCUT2D eigenvalue weighted by molar-refractivity contribution is 7.58. The van der Waals surface area contributed by atoms with Gasteiger partial charge in [-0.2, -0.15) is 5.26 Å². The molecular formula is C16H20N3O4P. The molecule has 1 aliphatic heterocycles. The smallest absolute Gasteiger partial charge is 0.361 e. The summed E-state index contributed by atoms with van der Waals surface area (Å²) in [6.45, 7) is 5.45. The summed E-state index contributed by atoms with van der Waals surface area (Å²) in [5, 5.41) is 9.82. The third-order valence-electron chi connectivity index (χ3n) is 3.48. The lowest BCUT2D eigenvalue weighted by atomic mass is 9.91. The van der Waals surface area contributed by atoms with Gasteiger partial charge in [-0.15, -0.1) is 0 Å². The minimum atomic E-state index is -3.66. The molecule has 1 atom stereocenters. The lowest BCUT2D eigenvalue weighted by Gasteiger charge is -2.31. The minimum absolute atomic E-state index is 0.0212. The molecule has 0 fully saturated rings. The van der Waals surface area contributed by atoms with Crippen LogP contribution in [0.3, 0.4) is 0 Å². The normalized spacial score (nSPS) is 18.3.